The molecule has 0 aromatic carbocycles. The van der Waals surface area contributed by atoms with Gasteiger partial charge in [-0.2, -0.15) is 0 Å². The van der Waals surface area contributed by atoms with Gasteiger partial charge in [0.25, 0.3) is 5.91 Å². The number of nitrogens with one attached hydrogen (secondary N) is 2. The molecule has 6 heteroatoms. The smallest absolute Gasteiger partial charge is 0.269 e. The zero-order chi connectivity index (χ0) is 14.1. The van der Waals surface area contributed by atoms with Gasteiger partial charge in [-0.25, -0.2) is 0 Å². The van der Waals surface area contributed by atoms with Gasteiger partial charge in [-0.1, -0.05) is 0 Å². The first-order valence-electron chi connectivity index (χ1n) is 7.08. The van der Waals surface area contributed by atoms with E-state index >= 15 is 0 Å². The molecule has 3 rings (SSSR count). The standard InChI is InChI=1S/C14H20N4O2/c1-2-16-14(19)10-7-8(3-5-17-10)18-12-11(15)9-4-6-20-13(9)12/h3,5,7,9,11-13H,2,4,6,15H2,1H3,(H,16,19)(H,17,18). The Bertz CT molecular complexity index is 508. The van der Waals surface area contributed by atoms with E-state index in [1.807, 2.05) is 13.0 Å². The summed E-state index contributed by atoms with van der Waals surface area (Å²) in [6, 6.07) is 3.83. The van der Waals surface area contributed by atoms with Crippen LogP contribution in [0, 0.1) is 5.92 Å². The van der Waals surface area contributed by atoms with Crippen molar-refractivity contribution in [1.29, 1.82) is 0 Å². The summed E-state index contributed by atoms with van der Waals surface area (Å²) in [7, 11) is 0. The predicted octanol–water partition coefficient (Wildman–Crippen LogP) is 0.358. The molecule has 0 bridgehead atoms. The van der Waals surface area contributed by atoms with E-state index in [0.29, 0.717) is 18.2 Å². The minimum atomic E-state index is -0.163. The molecule has 1 saturated carbocycles. The molecule has 0 radical (unpaired) electrons. The SMILES string of the molecule is CCNC(=O)c1cc(NC2C(N)C3CCOC32)ccn1. The van der Waals surface area contributed by atoms with Crippen molar-refractivity contribution in [2.45, 2.75) is 31.5 Å². The van der Waals surface area contributed by atoms with Crippen molar-refractivity contribution < 1.29 is 9.53 Å². The largest absolute Gasteiger partial charge is 0.378 e. The van der Waals surface area contributed by atoms with Crippen molar-refractivity contribution in [3.63, 3.8) is 0 Å². The van der Waals surface area contributed by atoms with Crippen LogP contribution in [0.15, 0.2) is 18.3 Å². The second kappa shape index (κ2) is 5.38. The molecule has 2 fully saturated rings. The molecule has 1 amide bonds. The Kier molecular flexibility index (Phi) is 3.58. The van der Waals surface area contributed by atoms with Crippen LogP contribution in [0.25, 0.3) is 0 Å². The second-order valence-corrected chi connectivity index (χ2v) is 5.32. The number of fused-ring (bicyclic) bond motifs is 1. The maximum Gasteiger partial charge on any atom is 0.269 e. The Hall–Kier alpha value is -1.66. The van der Waals surface area contributed by atoms with Gasteiger partial charge in [-0.15, -0.1) is 0 Å². The second-order valence-electron chi connectivity index (χ2n) is 5.32. The first kappa shape index (κ1) is 13.3. The summed E-state index contributed by atoms with van der Waals surface area (Å²) in [5, 5.41) is 6.10. The fraction of sp³-hybridized carbons (Fsp3) is 0.571. The molecule has 0 spiro atoms. The molecule has 4 atom stereocenters. The Balaban J connectivity index is 1.69. The molecule has 4 N–H and O–H groups in total. The maximum atomic E-state index is 11.8. The van der Waals surface area contributed by atoms with Crippen LogP contribution in [-0.4, -0.2) is 42.2 Å². The van der Waals surface area contributed by atoms with Crippen molar-refractivity contribution in [3.05, 3.63) is 24.0 Å². The highest BCUT2D eigenvalue weighted by Gasteiger charge is 2.52. The molecule has 20 heavy (non-hydrogen) atoms. The van der Waals surface area contributed by atoms with Crippen LogP contribution in [0.1, 0.15) is 23.8 Å². The number of amides is 1. The van der Waals surface area contributed by atoms with E-state index in [-0.39, 0.29) is 24.1 Å². The van der Waals surface area contributed by atoms with E-state index in [4.69, 9.17) is 10.5 Å². The van der Waals surface area contributed by atoms with Gasteiger partial charge >= 0.3 is 0 Å². The Morgan fingerprint density at radius 2 is 2.45 bits per heavy atom. The highest BCUT2D eigenvalue weighted by Crippen LogP contribution is 2.39. The molecular weight excluding hydrogens is 256 g/mol. The fourth-order valence-electron chi connectivity index (χ4n) is 3.02. The van der Waals surface area contributed by atoms with Crippen LogP contribution in [0.4, 0.5) is 5.69 Å². The summed E-state index contributed by atoms with van der Waals surface area (Å²) in [4.78, 5) is 15.8. The summed E-state index contributed by atoms with van der Waals surface area (Å²) >= 11 is 0. The van der Waals surface area contributed by atoms with Gasteiger partial charge in [0.2, 0.25) is 0 Å². The van der Waals surface area contributed by atoms with Gasteiger partial charge in [0.15, 0.2) is 0 Å². The van der Waals surface area contributed by atoms with Crippen LogP contribution in [0.2, 0.25) is 0 Å². The third-order valence-corrected chi connectivity index (χ3v) is 4.11. The number of nitrogens with two attached hydrogens (primary N) is 1. The number of pyridine rings is 1. The van der Waals surface area contributed by atoms with E-state index in [0.717, 1.165) is 18.7 Å². The molecule has 2 aliphatic rings. The Morgan fingerprint density at radius 1 is 1.60 bits per heavy atom. The lowest BCUT2D eigenvalue weighted by Gasteiger charge is -2.46. The van der Waals surface area contributed by atoms with Gasteiger partial charge < -0.3 is 21.1 Å². The van der Waals surface area contributed by atoms with Crippen LogP contribution in [0.5, 0.6) is 0 Å². The molecule has 1 aromatic rings. The number of anilines is 1. The molecule has 2 heterocycles. The minimum absolute atomic E-state index is 0.114. The first-order chi connectivity index (χ1) is 9.70. The summed E-state index contributed by atoms with van der Waals surface area (Å²) in [6.07, 6.45) is 2.88. The zero-order valence-electron chi connectivity index (χ0n) is 11.5. The number of hydrogen-bond donors (Lipinski definition) is 3. The van der Waals surface area contributed by atoms with E-state index in [1.54, 1.807) is 12.3 Å². The zero-order valence-corrected chi connectivity index (χ0v) is 11.5. The van der Waals surface area contributed by atoms with E-state index in [2.05, 4.69) is 15.6 Å². The van der Waals surface area contributed by atoms with Gasteiger partial charge in [0.05, 0.1) is 12.1 Å². The number of rotatable bonds is 4. The molecule has 1 aliphatic heterocycles. The monoisotopic (exact) mass is 276 g/mol. The van der Waals surface area contributed by atoms with Gasteiger partial charge in [-0.3, -0.25) is 9.78 Å². The summed E-state index contributed by atoms with van der Waals surface area (Å²) in [6.45, 7) is 3.26. The highest BCUT2D eigenvalue weighted by atomic mass is 16.5. The highest BCUT2D eigenvalue weighted by molar-refractivity contribution is 5.93. The van der Waals surface area contributed by atoms with Crippen molar-refractivity contribution >= 4 is 11.6 Å². The molecule has 6 nitrogen and oxygen atoms in total. The molecule has 1 aromatic heterocycles. The summed E-state index contributed by atoms with van der Waals surface area (Å²) < 4.78 is 5.69. The average molecular weight is 276 g/mol. The van der Waals surface area contributed by atoms with Crippen molar-refractivity contribution in [1.82, 2.24) is 10.3 Å². The number of aromatic nitrogens is 1. The molecule has 4 unspecified atom stereocenters. The van der Waals surface area contributed by atoms with E-state index < -0.39 is 0 Å². The van der Waals surface area contributed by atoms with Gasteiger partial charge in [0.1, 0.15) is 5.69 Å². The third kappa shape index (κ3) is 2.25. The fourth-order valence-corrected chi connectivity index (χ4v) is 3.02. The molecule has 108 valence electrons. The topological polar surface area (TPSA) is 89.3 Å². The molecular formula is C14H20N4O2. The Morgan fingerprint density at radius 3 is 3.25 bits per heavy atom. The first-order valence-corrected chi connectivity index (χ1v) is 7.08. The van der Waals surface area contributed by atoms with Crippen LogP contribution in [0.3, 0.4) is 0 Å². The number of carbonyl (C=O) groups excluding carboxylic acids is 1. The number of nitrogens with zero attached hydrogens (tertiary/aromatic N) is 1. The summed E-state index contributed by atoms with van der Waals surface area (Å²) in [5.74, 6) is 0.307. The number of ether oxygens (including phenoxy) is 1. The van der Waals surface area contributed by atoms with Crippen LogP contribution in [-0.2, 0) is 4.74 Å². The van der Waals surface area contributed by atoms with Gasteiger partial charge in [0, 0.05) is 37.0 Å². The van der Waals surface area contributed by atoms with Crippen molar-refractivity contribution in [2.75, 3.05) is 18.5 Å². The lowest BCUT2D eigenvalue weighted by Crippen LogP contribution is -2.65. The van der Waals surface area contributed by atoms with Crippen LogP contribution < -0.4 is 16.4 Å². The summed E-state index contributed by atoms with van der Waals surface area (Å²) in [5.41, 5.74) is 7.43. The third-order valence-electron chi connectivity index (χ3n) is 4.11. The average Bonchev–Trinajstić information content (AvgIpc) is 2.90. The number of hydrogen-bond acceptors (Lipinski definition) is 5. The van der Waals surface area contributed by atoms with Crippen molar-refractivity contribution in [3.8, 4) is 0 Å². The van der Waals surface area contributed by atoms with E-state index in [1.165, 1.54) is 0 Å². The lowest BCUT2D eigenvalue weighted by molar-refractivity contribution is 0.00537. The number of carbonyl (C=O) groups is 1. The molecule has 1 saturated heterocycles. The van der Waals surface area contributed by atoms with Crippen LogP contribution >= 0.6 is 0 Å². The minimum Gasteiger partial charge on any atom is -0.378 e. The lowest BCUT2D eigenvalue weighted by atomic mass is 9.72. The maximum absolute atomic E-state index is 11.8. The van der Waals surface area contributed by atoms with Crippen molar-refractivity contribution in [2.24, 2.45) is 11.7 Å². The Labute approximate surface area is 118 Å². The molecule has 1 aliphatic carbocycles. The van der Waals surface area contributed by atoms with Gasteiger partial charge in [-0.05, 0) is 25.5 Å². The predicted molar refractivity (Wildman–Crippen MR) is 75.5 cm³/mol. The normalized spacial score (nSPS) is 31.3. The quantitative estimate of drug-likeness (QED) is 0.739. The van der Waals surface area contributed by atoms with E-state index in [9.17, 15) is 4.79 Å².